The van der Waals surface area contributed by atoms with Gasteiger partial charge in [0, 0.05) is 11.6 Å². The van der Waals surface area contributed by atoms with Gasteiger partial charge < -0.3 is 16.4 Å². The van der Waals surface area contributed by atoms with E-state index in [9.17, 15) is 4.79 Å². The highest BCUT2D eigenvalue weighted by Gasteiger charge is 2.19. The van der Waals surface area contributed by atoms with E-state index in [1.165, 1.54) is 6.42 Å². The lowest BCUT2D eigenvalue weighted by atomic mass is 9.93. The molecule has 5 nitrogen and oxygen atoms in total. The SMILES string of the molecule is N=C(N)c1ccccc1NC(=O)NC1CCC1. The molecule has 0 radical (unpaired) electrons. The van der Waals surface area contributed by atoms with Crippen LogP contribution < -0.4 is 16.4 Å². The zero-order valence-corrected chi connectivity index (χ0v) is 9.49. The summed E-state index contributed by atoms with van der Waals surface area (Å²) in [6, 6.07) is 7.08. The second-order valence-electron chi connectivity index (χ2n) is 4.19. The minimum absolute atomic E-state index is 0.0513. The Morgan fingerprint density at radius 3 is 2.65 bits per heavy atom. The summed E-state index contributed by atoms with van der Waals surface area (Å²) in [4.78, 5) is 11.7. The van der Waals surface area contributed by atoms with Crippen molar-refractivity contribution in [1.29, 1.82) is 5.41 Å². The number of hydrogen-bond donors (Lipinski definition) is 4. The van der Waals surface area contributed by atoms with Crippen LogP contribution in [-0.4, -0.2) is 17.9 Å². The van der Waals surface area contributed by atoms with Crippen LogP contribution in [0.15, 0.2) is 24.3 Å². The minimum atomic E-state index is -0.233. The van der Waals surface area contributed by atoms with Gasteiger partial charge in [0.25, 0.3) is 0 Å². The normalized spacial score (nSPS) is 14.8. The van der Waals surface area contributed by atoms with Crippen molar-refractivity contribution in [2.45, 2.75) is 25.3 Å². The van der Waals surface area contributed by atoms with Crippen LogP contribution in [0, 0.1) is 5.41 Å². The number of carbonyl (C=O) groups is 1. The van der Waals surface area contributed by atoms with Gasteiger partial charge in [-0.25, -0.2) is 4.79 Å². The van der Waals surface area contributed by atoms with Crippen molar-refractivity contribution in [3.8, 4) is 0 Å². The predicted octanol–water partition coefficient (Wildman–Crippen LogP) is 1.64. The Hall–Kier alpha value is -2.04. The lowest BCUT2D eigenvalue weighted by Crippen LogP contribution is -2.42. The zero-order valence-electron chi connectivity index (χ0n) is 9.49. The van der Waals surface area contributed by atoms with Gasteiger partial charge in [0.1, 0.15) is 5.84 Å². The maximum absolute atomic E-state index is 11.7. The summed E-state index contributed by atoms with van der Waals surface area (Å²) in [5, 5.41) is 13.0. The van der Waals surface area contributed by atoms with Gasteiger partial charge in [-0.3, -0.25) is 5.41 Å². The molecule has 1 saturated carbocycles. The number of amides is 2. The Kier molecular flexibility index (Phi) is 3.27. The molecule has 0 atom stereocenters. The average molecular weight is 232 g/mol. The Morgan fingerprint density at radius 1 is 1.35 bits per heavy atom. The Balaban J connectivity index is 2.01. The monoisotopic (exact) mass is 232 g/mol. The summed E-state index contributed by atoms with van der Waals surface area (Å²) in [6.07, 6.45) is 3.26. The van der Waals surface area contributed by atoms with Crippen LogP contribution in [0.3, 0.4) is 0 Å². The van der Waals surface area contributed by atoms with Gasteiger partial charge in [-0.2, -0.15) is 0 Å². The third-order valence-corrected chi connectivity index (χ3v) is 2.91. The number of nitrogen functional groups attached to an aromatic ring is 1. The third-order valence-electron chi connectivity index (χ3n) is 2.91. The lowest BCUT2D eigenvalue weighted by Gasteiger charge is -2.26. The number of amidine groups is 1. The van der Waals surface area contributed by atoms with Crippen molar-refractivity contribution in [1.82, 2.24) is 5.32 Å². The van der Waals surface area contributed by atoms with Crippen molar-refractivity contribution >= 4 is 17.6 Å². The van der Waals surface area contributed by atoms with E-state index in [1.54, 1.807) is 24.3 Å². The zero-order chi connectivity index (χ0) is 12.3. The molecule has 0 heterocycles. The van der Waals surface area contributed by atoms with Crippen molar-refractivity contribution in [3.05, 3.63) is 29.8 Å². The molecule has 0 bridgehead atoms. The van der Waals surface area contributed by atoms with Gasteiger partial charge >= 0.3 is 6.03 Å². The van der Waals surface area contributed by atoms with E-state index < -0.39 is 0 Å². The maximum Gasteiger partial charge on any atom is 0.319 e. The molecule has 1 aromatic carbocycles. The van der Waals surface area contributed by atoms with Crippen molar-refractivity contribution in [2.75, 3.05) is 5.32 Å². The van der Waals surface area contributed by atoms with Crippen molar-refractivity contribution in [2.24, 2.45) is 5.73 Å². The molecule has 0 spiro atoms. The third kappa shape index (κ3) is 2.75. The van der Waals surface area contributed by atoms with Gasteiger partial charge in [0.2, 0.25) is 0 Å². The number of para-hydroxylation sites is 1. The highest BCUT2D eigenvalue weighted by molar-refractivity contribution is 6.03. The summed E-state index contributed by atoms with van der Waals surface area (Å²) in [5.41, 5.74) is 6.55. The number of hydrogen-bond acceptors (Lipinski definition) is 2. The average Bonchev–Trinajstić information content (AvgIpc) is 2.24. The molecule has 1 fully saturated rings. The highest BCUT2D eigenvalue weighted by Crippen LogP contribution is 2.19. The highest BCUT2D eigenvalue weighted by atomic mass is 16.2. The lowest BCUT2D eigenvalue weighted by molar-refractivity contribution is 0.240. The number of anilines is 1. The van der Waals surface area contributed by atoms with Crippen LogP contribution >= 0.6 is 0 Å². The molecular formula is C12H16N4O. The molecule has 1 aromatic rings. The number of nitrogens with two attached hydrogens (primary N) is 1. The van der Waals surface area contributed by atoms with E-state index in [1.807, 2.05) is 0 Å². The molecule has 0 saturated heterocycles. The number of urea groups is 1. The largest absolute Gasteiger partial charge is 0.384 e. The minimum Gasteiger partial charge on any atom is -0.384 e. The maximum atomic E-state index is 11.7. The topological polar surface area (TPSA) is 91.0 Å². The van der Waals surface area contributed by atoms with Crippen LogP contribution in [-0.2, 0) is 0 Å². The fourth-order valence-electron chi connectivity index (χ4n) is 1.72. The molecule has 17 heavy (non-hydrogen) atoms. The second-order valence-corrected chi connectivity index (χ2v) is 4.19. The van der Waals surface area contributed by atoms with Crippen LogP contribution in [0.25, 0.3) is 0 Å². The smallest absolute Gasteiger partial charge is 0.319 e. The van der Waals surface area contributed by atoms with E-state index in [0.717, 1.165) is 12.8 Å². The quantitative estimate of drug-likeness (QED) is 0.471. The predicted molar refractivity (Wildman–Crippen MR) is 67.3 cm³/mol. The molecule has 1 aliphatic carbocycles. The molecule has 90 valence electrons. The van der Waals surface area contributed by atoms with E-state index in [4.69, 9.17) is 11.1 Å². The molecular weight excluding hydrogens is 216 g/mol. The summed E-state index contributed by atoms with van der Waals surface area (Å²) < 4.78 is 0. The standard InChI is InChI=1S/C12H16N4O/c13-11(14)9-6-1-2-7-10(9)16-12(17)15-8-4-3-5-8/h1-2,6-8H,3-5H2,(H3,13,14)(H2,15,16,17). The van der Waals surface area contributed by atoms with Crippen molar-refractivity contribution in [3.63, 3.8) is 0 Å². The molecule has 5 heteroatoms. The summed E-state index contributed by atoms with van der Waals surface area (Å²) >= 11 is 0. The number of nitrogens with one attached hydrogen (secondary N) is 3. The summed E-state index contributed by atoms with van der Waals surface area (Å²) in [5.74, 6) is -0.0513. The van der Waals surface area contributed by atoms with Gasteiger partial charge in [-0.05, 0) is 31.4 Å². The first-order valence-electron chi connectivity index (χ1n) is 5.68. The summed E-state index contributed by atoms with van der Waals surface area (Å²) in [6.45, 7) is 0. The second kappa shape index (κ2) is 4.86. The van der Waals surface area contributed by atoms with Gasteiger partial charge in [-0.1, -0.05) is 12.1 Å². The molecule has 0 unspecified atom stereocenters. The first-order valence-corrected chi connectivity index (χ1v) is 5.68. The fourth-order valence-corrected chi connectivity index (χ4v) is 1.72. The van der Waals surface area contributed by atoms with E-state index in [0.29, 0.717) is 17.3 Å². The summed E-state index contributed by atoms with van der Waals surface area (Å²) in [7, 11) is 0. The number of rotatable bonds is 3. The van der Waals surface area contributed by atoms with Gasteiger partial charge in [0.15, 0.2) is 0 Å². The molecule has 2 rings (SSSR count). The Bertz CT molecular complexity index is 440. The first kappa shape index (κ1) is 11.4. The first-order chi connectivity index (χ1) is 8.16. The van der Waals surface area contributed by atoms with Crippen LogP contribution in [0.5, 0.6) is 0 Å². The van der Waals surface area contributed by atoms with E-state index in [-0.39, 0.29) is 11.9 Å². The van der Waals surface area contributed by atoms with E-state index >= 15 is 0 Å². The molecule has 5 N–H and O–H groups in total. The van der Waals surface area contributed by atoms with Crippen LogP contribution in [0.1, 0.15) is 24.8 Å². The Labute approximate surface area is 99.9 Å². The molecule has 2 amide bonds. The number of benzene rings is 1. The fraction of sp³-hybridized carbons (Fsp3) is 0.333. The molecule has 0 aromatic heterocycles. The van der Waals surface area contributed by atoms with Gasteiger partial charge in [-0.15, -0.1) is 0 Å². The number of carbonyl (C=O) groups excluding carboxylic acids is 1. The van der Waals surface area contributed by atoms with Crippen LogP contribution in [0.2, 0.25) is 0 Å². The molecule has 0 aliphatic heterocycles. The Morgan fingerprint density at radius 2 is 2.06 bits per heavy atom. The van der Waals surface area contributed by atoms with Crippen LogP contribution in [0.4, 0.5) is 10.5 Å². The van der Waals surface area contributed by atoms with Gasteiger partial charge in [0.05, 0.1) is 5.69 Å². The van der Waals surface area contributed by atoms with Crippen molar-refractivity contribution < 1.29 is 4.79 Å². The molecule has 1 aliphatic rings. The van der Waals surface area contributed by atoms with E-state index in [2.05, 4.69) is 10.6 Å².